The molecule has 3 rings (SSSR count). The van der Waals surface area contributed by atoms with Crippen molar-refractivity contribution in [3.05, 3.63) is 0 Å². The largest absolute Gasteiger partial charge is 0.303 e. The van der Waals surface area contributed by atoms with Gasteiger partial charge in [0.1, 0.15) is 0 Å². The van der Waals surface area contributed by atoms with Gasteiger partial charge in [0.15, 0.2) is 0 Å². The molecule has 1 aliphatic heterocycles. The average Bonchev–Trinajstić information content (AvgIpc) is 2.95. The van der Waals surface area contributed by atoms with E-state index in [4.69, 9.17) is 11.6 Å². The maximum absolute atomic E-state index is 5.83. The van der Waals surface area contributed by atoms with Gasteiger partial charge in [-0.1, -0.05) is 6.42 Å². The van der Waals surface area contributed by atoms with Gasteiger partial charge in [0, 0.05) is 19.0 Å². The zero-order valence-electron chi connectivity index (χ0n) is 10.2. The maximum atomic E-state index is 5.83. The van der Waals surface area contributed by atoms with E-state index in [1.54, 1.807) is 12.8 Å². The predicted octanol–water partition coefficient (Wildman–Crippen LogP) is 3.37. The number of fused-ring (bicyclic) bond motifs is 2. The predicted molar refractivity (Wildman–Crippen MR) is 68.8 cm³/mol. The summed E-state index contributed by atoms with van der Waals surface area (Å²) in [6.45, 7) is 4.08. The maximum Gasteiger partial charge on any atom is 0.0226 e. The molecule has 0 radical (unpaired) electrons. The minimum absolute atomic E-state index is 0.854. The highest BCUT2D eigenvalue weighted by atomic mass is 35.5. The smallest absolute Gasteiger partial charge is 0.0226 e. The van der Waals surface area contributed by atoms with Crippen molar-refractivity contribution in [2.24, 2.45) is 23.7 Å². The van der Waals surface area contributed by atoms with Crippen LogP contribution >= 0.6 is 11.6 Å². The van der Waals surface area contributed by atoms with Gasteiger partial charge in [-0.2, -0.15) is 0 Å². The zero-order chi connectivity index (χ0) is 11.0. The minimum Gasteiger partial charge on any atom is -0.303 e. The molecule has 2 heteroatoms. The number of alkyl halides is 1. The van der Waals surface area contributed by atoms with Gasteiger partial charge in [-0.25, -0.2) is 0 Å². The van der Waals surface area contributed by atoms with Crippen molar-refractivity contribution in [3.8, 4) is 0 Å². The fraction of sp³-hybridized carbons (Fsp3) is 1.00. The molecular formula is C14H24ClN. The monoisotopic (exact) mass is 241 g/mol. The molecule has 1 heterocycles. The first-order chi connectivity index (χ1) is 7.85. The fourth-order valence-electron chi connectivity index (χ4n) is 4.40. The van der Waals surface area contributed by atoms with Crippen LogP contribution in [0.5, 0.6) is 0 Å². The third-order valence-corrected chi connectivity index (χ3v) is 5.48. The summed E-state index contributed by atoms with van der Waals surface area (Å²) in [5.41, 5.74) is 0. The number of halogens is 1. The van der Waals surface area contributed by atoms with Crippen LogP contribution in [-0.2, 0) is 0 Å². The van der Waals surface area contributed by atoms with Crippen LogP contribution in [0.3, 0.4) is 0 Å². The van der Waals surface area contributed by atoms with E-state index in [0.29, 0.717) is 0 Å². The van der Waals surface area contributed by atoms with Crippen molar-refractivity contribution in [2.75, 3.05) is 25.5 Å². The summed E-state index contributed by atoms with van der Waals surface area (Å²) in [6.07, 6.45) is 8.80. The van der Waals surface area contributed by atoms with E-state index in [2.05, 4.69) is 4.90 Å². The van der Waals surface area contributed by atoms with Crippen LogP contribution < -0.4 is 0 Å². The summed E-state index contributed by atoms with van der Waals surface area (Å²) in [5, 5.41) is 0. The Labute approximate surface area is 105 Å². The van der Waals surface area contributed by atoms with Gasteiger partial charge in [0.25, 0.3) is 0 Å². The van der Waals surface area contributed by atoms with E-state index in [9.17, 15) is 0 Å². The van der Waals surface area contributed by atoms with Crippen LogP contribution in [0.25, 0.3) is 0 Å². The quantitative estimate of drug-likeness (QED) is 0.683. The van der Waals surface area contributed by atoms with E-state index < -0.39 is 0 Å². The Morgan fingerprint density at radius 3 is 2.75 bits per heavy atom. The highest BCUT2D eigenvalue weighted by Crippen LogP contribution is 2.48. The van der Waals surface area contributed by atoms with Crippen molar-refractivity contribution < 1.29 is 0 Å². The van der Waals surface area contributed by atoms with Crippen molar-refractivity contribution in [3.63, 3.8) is 0 Å². The Balaban J connectivity index is 1.46. The summed E-state index contributed by atoms with van der Waals surface area (Å²) in [7, 11) is 0. The van der Waals surface area contributed by atoms with Crippen LogP contribution in [-0.4, -0.2) is 30.4 Å². The summed E-state index contributed by atoms with van der Waals surface area (Å²) in [5.74, 6) is 5.00. The molecule has 0 N–H and O–H groups in total. The van der Waals surface area contributed by atoms with E-state index in [-0.39, 0.29) is 0 Å². The first-order valence-corrected chi connectivity index (χ1v) is 7.67. The first kappa shape index (κ1) is 11.3. The summed E-state index contributed by atoms with van der Waals surface area (Å²) < 4.78 is 0. The number of rotatable bonds is 4. The van der Waals surface area contributed by atoms with Crippen LogP contribution in [0, 0.1) is 23.7 Å². The third-order valence-electron chi connectivity index (χ3n) is 5.26. The first-order valence-electron chi connectivity index (χ1n) is 7.13. The molecule has 0 aromatic carbocycles. The molecular weight excluding hydrogens is 218 g/mol. The third kappa shape index (κ3) is 2.26. The fourth-order valence-corrected chi connectivity index (χ4v) is 4.71. The SMILES string of the molecule is ClCCC1CCN(CC2CC3CCC2C3)C1. The lowest BCUT2D eigenvalue weighted by Crippen LogP contribution is -2.30. The van der Waals surface area contributed by atoms with Crippen molar-refractivity contribution >= 4 is 11.6 Å². The lowest BCUT2D eigenvalue weighted by Gasteiger charge is -2.27. The second-order valence-electron chi connectivity index (χ2n) is 6.33. The molecule has 4 atom stereocenters. The number of nitrogens with zero attached hydrogens (tertiary/aromatic N) is 1. The van der Waals surface area contributed by atoms with Gasteiger partial charge in [-0.05, 0) is 62.3 Å². The van der Waals surface area contributed by atoms with Crippen molar-refractivity contribution in [1.29, 1.82) is 0 Å². The highest BCUT2D eigenvalue weighted by molar-refractivity contribution is 6.17. The van der Waals surface area contributed by atoms with Gasteiger partial charge in [-0.15, -0.1) is 11.6 Å². The van der Waals surface area contributed by atoms with Gasteiger partial charge >= 0.3 is 0 Å². The average molecular weight is 242 g/mol. The Bertz CT molecular complexity index is 243. The number of hydrogen-bond donors (Lipinski definition) is 0. The van der Waals surface area contributed by atoms with E-state index in [1.807, 2.05) is 0 Å². The van der Waals surface area contributed by atoms with Crippen LogP contribution in [0.1, 0.15) is 38.5 Å². The van der Waals surface area contributed by atoms with Crippen LogP contribution in [0.15, 0.2) is 0 Å². The second-order valence-corrected chi connectivity index (χ2v) is 6.70. The molecule has 3 aliphatic rings. The Morgan fingerprint density at radius 2 is 2.06 bits per heavy atom. The Kier molecular flexibility index (Phi) is 3.44. The molecule has 0 spiro atoms. The summed E-state index contributed by atoms with van der Waals surface area (Å²) in [4.78, 5) is 2.72. The molecule has 4 unspecified atom stereocenters. The highest BCUT2D eigenvalue weighted by Gasteiger charge is 2.40. The lowest BCUT2D eigenvalue weighted by molar-refractivity contribution is 0.214. The van der Waals surface area contributed by atoms with Gasteiger partial charge < -0.3 is 4.90 Å². The number of hydrogen-bond acceptors (Lipinski definition) is 1. The van der Waals surface area contributed by atoms with E-state index >= 15 is 0 Å². The molecule has 0 aromatic rings. The molecule has 16 heavy (non-hydrogen) atoms. The molecule has 3 fully saturated rings. The topological polar surface area (TPSA) is 3.24 Å². The zero-order valence-corrected chi connectivity index (χ0v) is 11.0. The lowest BCUT2D eigenvalue weighted by atomic mass is 9.88. The Hall–Kier alpha value is 0.250. The molecule has 92 valence electrons. The van der Waals surface area contributed by atoms with Crippen molar-refractivity contribution in [2.45, 2.75) is 38.5 Å². The summed E-state index contributed by atoms with van der Waals surface area (Å²) >= 11 is 5.83. The summed E-state index contributed by atoms with van der Waals surface area (Å²) in [6, 6.07) is 0. The van der Waals surface area contributed by atoms with E-state index in [1.165, 1.54) is 45.3 Å². The minimum atomic E-state index is 0.854. The number of likely N-dealkylation sites (tertiary alicyclic amines) is 1. The molecule has 0 aromatic heterocycles. The van der Waals surface area contributed by atoms with Crippen molar-refractivity contribution in [1.82, 2.24) is 4.90 Å². The molecule has 1 nitrogen and oxygen atoms in total. The standard InChI is InChI=1S/C14H24ClN/c15-5-3-11-4-6-16(9-11)10-14-8-12-1-2-13(14)7-12/h11-14H,1-10H2. The van der Waals surface area contributed by atoms with Gasteiger partial charge in [-0.3, -0.25) is 0 Å². The molecule has 2 saturated carbocycles. The normalized spacial score (nSPS) is 43.3. The molecule has 0 amide bonds. The Morgan fingerprint density at radius 1 is 1.12 bits per heavy atom. The second kappa shape index (κ2) is 4.86. The van der Waals surface area contributed by atoms with Gasteiger partial charge in [0.2, 0.25) is 0 Å². The molecule has 2 bridgehead atoms. The van der Waals surface area contributed by atoms with Gasteiger partial charge in [0.05, 0.1) is 0 Å². The van der Waals surface area contributed by atoms with Crippen LogP contribution in [0.2, 0.25) is 0 Å². The van der Waals surface area contributed by atoms with Crippen LogP contribution in [0.4, 0.5) is 0 Å². The van der Waals surface area contributed by atoms with E-state index in [0.717, 1.165) is 29.6 Å². The molecule has 1 saturated heterocycles. The molecule has 2 aliphatic carbocycles.